The number of nitrogens with one attached hydrogen (secondary N) is 1. The number of hydrogen-bond donors (Lipinski definition) is 1. The third-order valence-electron chi connectivity index (χ3n) is 2.60. The van der Waals surface area contributed by atoms with Crippen LogP contribution in [0.4, 0.5) is 0 Å². The van der Waals surface area contributed by atoms with E-state index in [1.165, 1.54) is 24.8 Å². The van der Waals surface area contributed by atoms with Crippen LogP contribution in [0.5, 0.6) is 0 Å². The molecule has 1 unspecified atom stereocenters. The van der Waals surface area contributed by atoms with Crippen LogP contribution in [0.25, 0.3) is 0 Å². The first kappa shape index (κ1) is 12.5. The smallest absolute Gasteiger partial charge is 0.0453 e. The summed E-state index contributed by atoms with van der Waals surface area (Å²) in [5.41, 5.74) is 1.19. The third kappa shape index (κ3) is 4.23. The van der Waals surface area contributed by atoms with Gasteiger partial charge in [0, 0.05) is 11.1 Å². The van der Waals surface area contributed by atoms with Crippen molar-refractivity contribution in [2.45, 2.75) is 39.2 Å². The summed E-state index contributed by atoms with van der Waals surface area (Å²) >= 11 is 6.12. The molecule has 0 saturated heterocycles. The molecule has 1 aromatic carbocycles. The predicted molar refractivity (Wildman–Crippen MR) is 67.4 cm³/mol. The van der Waals surface area contributed by atoms with Gasteiger partial charge in [-0.1, -0.05) is 49.6 Å². The molecule has 1 nitrogen and oxygen atoms in total. The van der Waals surface area contributed by atoms with Crippen LogP contribution in [0.15, 0.2) is 24.3 Å². The Balaban J connectivity index is 2.40. The van der Waals surface area contributed by atoms with E-state index < -0.39 is 0 Å². The zero-order valence-corrected chi connectivity index (χ0v) is 10.3. The van der Waals surface area contributed by atoms with Gasteiger partial charge in [-0.05, 0) is 31.5 Å². The quantitative estimate of drug-likeness (QED) is 0.717. The van der Waals surface area contributed by atoms with Crippen molar-refractivity contribution in [3.63, 3.8) is 0 Å². The topological polar surface area (TPSA) is 12.0 Å². The second-order valence-electron chi connectivity index (χ2n) is 3.90. The molecule has 1 atom stereocenters. The monoisotopic (exact) mass is 225 g/mol. The fourth-order valence-corrected chi connectivity index (χ4v) is 1.93. The molecule has 1 N–H and O–H groups in total. The van der Waals surface area contributed by atoms with Gasteiger partial charge >= 0.3 is 0 Å². The second-order valence-corrected chi connectivity index (χ2v) is 4.31. The SMILES string of the molecule is CCCCCNC(C)c1ccccc1Cl. The van der Waals surface area contributed by atoms with E-state index in [0.29, 0.717) is 6.04 Å². The van der Waals surface area contributed by atoms with Crippen LogP contribution in [-0.2, 0) is 0 Å². The molecular weight excluding hydrogens is 206 g/mol. The number of rotatable bonds is 6. The van der Waals surface area contributed by atoms with Gasteiger partial charge in [0.1, 0.15) is 0 Å². The standard InChI is InChI=1S/C13H20ClN/c1-3-4-7-10-15-11(2)12-8-5-6-9-13(12)14/h5-6,8-9,11,15H,3-4,7,10H2,1-2H3. The zero-order valence-electron chi connectivity index (χ0n) is 9.59. The average Bonchev–Trinajstić information content (AvgIpc) is 2.25. The van der Waals surface area contributed by atoms with Crippen molar-refractivity contribution >= 4 is 11.6 Å². The summed E-state index contributed by atoms with van der Waals surface area (Å²) in [5, 5.41) is 4.34. The van der Waals surface area contributed by atoms with Gasteiger partial charge < -0.3 is 5.32 Å². The fourth-order valence-electron chi connectivity index (χ4n) is 1.63. The minimum absolute atomic E-state index is 0.343. The van der Waals surface area contributed by atoms with Crippen LogP contribution < -0.4 is 5.32 Å². The van der Waals surface area contributed by atoms with Crippen LogP contribution in [0, 0.1) is 0 Å². The summed E-state index contributed by atoms with van der Waals surface area (Å²) in [4.78, 5) is 0. The van der Waals surface area contributed by atoms with Gasteiger partial charge in [0.25, 0.3) is 0 Å². The largest absolute Gasteiger partial charge is 0.310 e. The molecule has 0 aliphatic carbocycles. The maximum atomic E-state index is 6.12. The summed E-state index contributed by atoms with van der Waals surface area (Å²) in [5.74, 6) is 0. The normalized spacial score (nSPS) is 12.7. The van der Waals surface area contributed by atoms with Gasteiger partial charge in [-0.25, -0.2) is 0 Å². The second kappa shape index (κ2) is 6.86. The van der Waals surface area contributed by atoms with E-state index in [2.05, 4.69) is 25.2 Å². The Morgan fingerprint density at radius 3 is 2.67 bits per heavy atom. The molecule has 15 heavy (non-hydrogen) atoms. The van der Waals surface area contributed by atoms with Crippen molar-refractivity contribution in [3.8, 4) is 0 Å². The van der Waals surface area contributed by atoms with E-state index in [9.17, 15) is 0 Å². The third-order valence-corrected chi connectivity index (χ3v) is 2.95. The lowest BCUT2D eigenvalue weighted by Gasteiger charge is -2.15. The van der Waals surface area contributed by atoms with Crippen molar-refractivity contribution in [1.82, 2.24) is 5.32 Å². The molecule has 84 valence electrons. The highest BCUT2D eigenvalue weighted by Gasteiger charge is 2.07. The highest BCUT2D eigenvalue weighted by Crippen LogP contribution is 2.21. The lowest BCUT2D eigenvalue weighted by atomic mass is 10.1. The van der Waals surface area contributed by atoms with Crippen molar-refractivity contribution < 1.29 is 0 Å². The van der Waals surface area contributed by atoms with E-state index in [1.54, 1.807) is 0 Å². The van der Waals surface area contributed by atoms with Crippen molar-refractivity contribution in [1.29, 1.82) is 0 Å². The highest BCUT2D eigenvalue weighted by atomic mass is 35.5. The number of unbranched alkanes of at least 4 members (excludes halogenated alkanes) is 2. The lowest BCUT2D eigenvalue weighted by molar-refractivity contribution is 0.544. The minimum Gasteiger partial charge on any atom is -0.310 e. The summed E-state index contributed by atoms with van der Waals surface area (Å²) in [6.07, 6.45) is 3.80. The van der Waals surface area contributed by atoms with Crippen LogP contribution >= 0.6 is 11.6 Å². The number of hydrogen-bond acceptors (Lipinski definition) is 1. The van der Waals surface area contributed by atoms with Gasteiger partial charge in [-0.3, -0.25) is 0 Å². The Morgan fingerprint density at radius 1 is 1.27 bits per heavy atom. The Labute approximate surface area is 97.8 Å². The summed E-state index contributed by atoms with van der Waals surface area (Å²) in [6, 6.07) is 8.37. The maximum absolute atomic E-state index is 6.12. The molecule has 0 saturated carbocycles. The van der Waals surface area contributed by atoms with E-state index in [4.69, 9.17) is 11.6 Å². The average molecular weight is 226 g/mol. The van der Waals surface area contributed by atoms with Crippen molar-refractivity contribution in [2.75, 3.05) is 6.54 Å². The lowest BCUT2D eigenvalue weighted by Crippen LogP contribution is -2.20. The highest BCUT2D eigenvalue weighted by molar-refractivity contribution is 6.31. The molecule has 0 heterocycles. The van der Waals surface area contributed by atoms with Crippen LogP contribution in [0.1, 0.15) is 44.7 Å². The van der Waals surface area contributed by atoms with Gasteiger partial charge in [-0.2, -0.15) is 0 Å². The molecular formula is C13H20ClN. The molecule has 0 fully saturated rings. The molecule has 0 amide bonds. The first-order chi connectivity index (χ1) is 7.25. The van der Waals surface area contributed by atoms with Crippen molar-refractivity contribution in [3.05, 3.63) is 34.9 Å². The molecule has 0 aliphatic heterocycles. The van der Waals surface area contributed by atoms with Gasteiger partial charge in [0.2, 0.25) is 0 Å². The first-order valence-electron chi connectivity index (χ1n) is 5.73. The Morgan fingerprint density at radius 2 is 2.00 bits per heavy atom. The summed E-state index contributed by atoms with van der Waals surface area (Å²) < 4.78 is 0. The summed E-state index contributed by atoms with van der Waals surface area (Å²) in [6.45, 7) is 5.45. The van der Waals surface area contributed by atoms with Crippen LogP contribution in [0.3, 0.4) is 0 Å². The molecule has 0 spiro atoms. The van der Waals surface area contributed by atoms with E-state index in [-0.39, 0.29) is 0 Å². The van der Waals surface area contributed by atoms with Gasteiger partial charge in [0.15, 0.2) is 0 Å². The zero-order chi connectivity index (χ0) is 11.1. The Hall–Kier alpha value is -0.530. The van der Waals surface area contributed by atoms with Crippen LogP contribution in [-0.4, -0.2) is 6.54 Å². The Bertz CT molecular complexity index is 286. The van der Waals surface area contributed by atoms with Crippen molar-refractivity contribution in [2.24, 2.45) is 0 Å². The molecule has 0 aromatic heterocycles. The molecule has 2 heteroatoms. The molecule has 1 aromatic rings. The molecule has 0 radical (unpaired) electrons. The molecule has 1 rings (SSSR count). The Kier molecular flexibility index (Phi) is 5.74. The van der Waals surface area contributed by atoms with Gasteiger partial charge in [0.05, 0.1) is 0 Å². The molecule has 0 bridgehead atoms. The molecule has 0 aliphatic rings. The van der Waals surface area contributed by atoms with E-state index in [1.807, 2.05) is 18.2 Å². The fraction of sp³-hybridized carbons (Fsp3) is 0.538. The van der Waals surface area contributed by atoms with Crippen LogP contribution in [0.2, 0.25) is 5.02 Å². The first-order valence-corrected chi connectivity index (χ1v) is 6.11. The van der Waals surface area contributed by atoms with E-state index in [0.717, 1.165) is 11.6 Å². The minimum atomic E-state index is 0.343. The van der Waals surface area contributed by atoms with E-state index >= 15 is 0 Å². The number of halogens is 1. The maximum Gasteiger partial charge on any atom is 0.0453 e. The number of benzene rings is 1. The summed E-state index contributed by atoms with van der Waals surface area (Å²) in [7, 11) is 0. The van der Waals surface area contributed by atoms with Gasteiger partial charge in [-0.15, -0.1) is 0 Å². The predicted octanol–water partition coefficient (Wildman–Crippen LogP) is 4.18.